The predicted molar refractivity (Wildman–Crippen MR) is 70.6 cm³/mol. The van der Waals surface area contributed by atoms with E-state index in [-0.39, 0.29) is 11.6 Å². The monoisotopic (exact) mass is 341 g/mol. The van der Waals surface area contributed by atoms with Gasteiger partial charge in [-0.05, 0) is 35.4 Å². The summed E-state index contributed by atoms with van der Waals surface area (Å²) in [6.45, 7) is 2.07. The molecule has 0 aliphatic heterocycles. The number of nitrogens with one attached hydrogen (secondary N) is 2. The number of aromatic nitrogens is 2. The van der Waals surface area contributed by atoms with Crippen molar-refractivity contribution in [1.29, 1.82) is 0 Å². The average Bonchev–Trinajstić information content (AvgIpc) is 2.24. The highest BCUT2D eigenvalue weighted by Crippen LogP contribution is 2.13. The number of anilines is 1. The molecule has 1 rings (SSSR count). The minimum absolute atomic E-state index is 0.117. The molecule has 0 radical (unpaired) electrons. The van der Waals surface area contributed by atoms with Crippen LogP contribution in [0.4, 0.5) is 5.82 Å². The molecule has 2 N–H and O–H groups in total. The Balaban J connectivity index is 2.79. The molecule has 1 atom stereocenters. The van der Waals surface area contributed by atoms with E-state index >= 15 is 0 Å². The molecule has 84 valence electrons. The van der Waals surface area contributed by atoms with Crippen LogP contribution in [-0.2, 0) is 0 Å². The lowest BCUT2D eigenvalue weighted by molar-refractivity contribution is 0.670. The third kappa shape index (κ3) is 3.64. The number of hydrogen-bond donors (Lipinski definition) is 2. The fourth-order valence-electron chi connectivity index (χ4n) is 1.19. The number of halogens is 2. The first-order valence-electron chi connectivity index (χ1n) is 4.74. The summed E-state index contributed by atoms with van der Waals surface area (Å²) in [6, 6.07) is 0.269. The van der Waals surface area contributed by atoms with Crippen molar-refractivity contribution in [2.75, 3.05) is 11.2 Å². The highest BCUT2D eigenvalue weighted by atomic mass is 127. The molecule has 0 saturated heterocycles. The topological polar surface area (TPSA) is 57.8 Å². The van der Waals surface area contributed by atoms with Crippen molar-refractivity contribution in [2.45, 2.75) is 25.8 Å². The van der Waals surface area contributed by atoms with Gasteiger partial charge in [-0.25, -0.2) is 4.98 Å². The Bertz CT molecular complexity index is 369. The van der Waals surface area contributed by atoms with Crippen LogP contribution >= 0.6 is 34.2 Å². The second-order valence-electron chi connectivity index (χ2n) is 3.12. The lowest BCUT2D eigenvalue weighted by Gasteiger charge is -2.16. The van der Waals surface area contributed by atoms with Crippen molar-refractivity contribution >= 4 is 40.0 Å². The summed E-state index contributed by atoms with van der Waals surface area (Å²) in [6.07, 6.45) is 3.22. The van der Waals surface area contributed by atoms with E-state index in [1.54, 1.807) is 0 Å². The second-order valence-corrected chi connectivity index (χ2v) is 4.58. The van der Waals surface area contributed by atoms with Crippen LogP contribution in [0.5, 0.6) is 0 Å². The van der Waals surface area contributed by atoms with Crippen LogP contribution in [0, 0.1) is 3.57 Å². The van der Waals surface area contributed by atoms with Gasteiger partial charge in [0.2, 0.25) is 0 Å². The Morgan fingerprint density at radius 1 is 1.73 bits per heavy atom. The molecule has 0 amide bonds. The zero-order chi connectivity index (χ0) is 11.3. The number of hydrogen-bond acceptors (Lipinski definition) is 3. The molecular formula is C9H13ClIN3O. The van der Waals surface area contributed by atoms with Crippen LogP contribution < -0.4 is 10.9 Å². The molecule has 0 fully saturated rings. The van der Waals surface area contributed by atoms with E-state index in [1.807, 2.05) is 22.6 Å². The van der Waals surface area contributed by atoms with Gasteiger partial charge in [0, 0.05) is 11.9 Å². The highest BCUT2D eigenvalue weighted by molar-refractivity contribution is 14.1. The minimum Gasteiger partial charge on any atom is -0.366 e. The minimum atomic E-state index is -0.117. The lowest BCUT2D eigenvalue weighted by atomic mass is 10.2. The van der Waals surface area contributed by atoms with E-state index in [0.29, 0.717) is 15.3 Å². The number of alkyl halides is 1. The molecule has 1 heterocycles. The van der Waals surface area contributed by atoms with Crippen LogP contribution in [0.2, 0.25) is 0 Å². The van der Waals surface area contributed by atoms with Gasteiger partial charge in [-0.1, -0.05) is 6.92 Å². The number of H-pyrrole nitrogens is 1. The van der Waals surface area contributed by atoms with Crippen LogP contribution in [0.1, 0.15) is 19.8 Å². The van der Waals surface area contributed by atoms with E-state index < -0.39 is 0 Å². The zero-order valence-corrected chi connectivity index (χ0v) is 11.3. The van der Waals surface area contributed by atoms with Crippen molar-refractivity contribution in [2.24, 2.45) is 0 Å². The fraction of sp³-hybridized carbons (Fsp3) is 0.556. The summed E-state index contributed by atoms with van der Waals surface area (Å²) in [4.78, 5) is 17.9. The quantitative estimate of drug-likeness (QED) is 0.637. The maximum atomic E-state index is 11.3. The number of rotatable bonds is 5. The normalized spacial score (nSPS) is 12.5. The van der Waals surface area contributed by atoms with Gasteiger partial charge in [0.1, 0.15) is 9.39 Å². The molecule has 0 spiro atoms. The third-order valence-electron chi connectivity index (χ3n) is 2.09. The van der Waals surface area contributed by atoms with Gasteiger partial charge in [0.25, 0.3) is 5.56 Å². The van der Waals surface area contributed by atoms with Crippen molar-refractivity contribution in [3.05, 3.63) is 20.3 Å². The largest absolute Gasteiger partial charge is 0.366 e. The molecule has 1 unspecified atom stereocenters. The van der Waals surface area contributed by atoms with Gasteiger partial charge in [-0.2, -0.15) is 0 Å². The Morgan fingerprint density at radius 2 is 2.47 bits per heavy atom. The number of aromatic amines is 1. The zero-order valence-electron chi connectivity index (χ0n) is 8.39. The molecule has 0 bridgehead atoms. The van der Waals surface area contributed by atoms with Gasteiger partial charge >= 0.3 is 0 Å². The molecule has 1 aromatic heterocycles. The summed E-state index contributed by atoms with van der Waals surface area (Å²) < 4.78 is 0.586. The molecule has 0 aliphatic rings. The maximum Gasteiger partial charge on any atom is 0.266 e. The fourth-order valence-corrected chi connectivity index (χ4v) is 1.90. The molecule has 6 heteroatoms. The number of nitrogens with zero attached hydrogens (tertiary/aromatic N) is 1. The first-order valence-corrected chi connectivity index (χ1v) is 6.36. The Hall–Kier alpha value is -0.300. The van der Waals surface area contributed by atoms with Gasteiger partial charge in [-0.3, -0.25) is 4.79 Å². The van der Waals surface area contributed by atoms with Crippen molar-refractivity contribution < 1.29 is 0 Å². The van der Waals surface area contributed by atoms with Gasteiger partial charge in [0.05, 0.1) is 6.33 Å². The predicted octanol–water partition coefficient (Wildman–Crippen LogP) is 2.19. The average molecular weight is 342 g/mol. The lowest BCUT2D eigenvalue weighted by Crippen LogP contribution is -2.23. The van der Waals surface area contributed by atoms with E-state index in [9.17, 15) is 4.79 Å². The van der Waals surface area contributed by atoms with Gasteiger partial charge in [-0.15, -0.1) is 11.6 Å². The molecule has 1 aromatic rings. The van der Waals surface area contributed by atoms with E-state index in [2.05, 4.69) is 22.2 Å². The van der Waals surface area contributed by atoms with Crippen molar-refractivity contribution in [3.63, 3.8) is 0 Å². The summed E-state index contributed by atoms with van der Waals surface area (Å²) in [5, 5.41) is 3.22. The highest BCUT2D eigenvalue weighted by Gasteiger charge is 2.10. The van der Waals surface area contributed by atoms with E-state index in [1.165, 1.54) is 6.33 Å². The Morgan fingerprint density at radius 3 is 3.07 bits per heavy atom. The first-order chi connectivity index (χ1) is 7.19. The molecular weight excluding hydrogens is 328 g/mol. The maximum absolute atomic E-state index is 11.3. The SMILES string of the molecule is CCC(CCCl)Nc1nc[nH]c(=O)c1I. The molecule has 0 aromatic carbocycles. The second kappa shape index (κ2) is 6.32. The van der Waals surface area contributed by atoms with Crippen molar-refractivity contribution in [1.82, 2.24) is 9.97 Å². The molecule has 0 saturated carbocycles. The first kappa shape index (κ1) is 12.8. The van der Waals surface area contributed by atoms with E-state index in [0.717, 1.165) is 12.8 Å². The molecule has 4 nitrogen and oxygen atoms in total. The standard InChI is InChI=1S/C9H13ClIN3O/c1-2-6(3-4-10)14-8-7(11)9(15)13-5-12-8/h5-6H,2-4H2,1H3,(H2,12,13,14,15). The van der Waals surface area contributed by atoms with Crippen LogP contribution in [0.15, 0.2) is 11.1 Å². The smallest absolute Gasteiger partial charge is 0.266 e. The summed E-state index contributed by atoms with van der Waals surface area (Å²) >= 11 is 7.66. The van der Waals surface area contributed by atoms with Gasteiger partial charge in [0.15, 0.2) is 0 Å². The molecule has 15 heavy (non-hydrogen) atoms. The van der Waals surface area contributed by atoms with Crippen LogP contribution in [0.25, 0.3) is 0 Å². The van der Waals surface area contributed by atoms with E-state index in [4.69, 9.17) is 11.6 Å². The van der Waals surface area contributed by atoms with Crippen LogP contribution in [0.3, 0.4) is 0 Å². The third-order valence-corrected chi connectivity index (χ3v) is 3.31. The van der Waals surface area contributed by atoms with Crippen LogP contribution in [-0.4, -0.2) is 21.9 Å². The summed E-state index contributed by atoms with van der Waals surface area (Å²) in [5.74, 6) is 1.24. The Kier molecular flexibility index (Phi) is 5.38. The summed E-state index contributed by atoms with van der Waals surface area (Å²) in [7, 11) is 0. The Labute approximate surface area is 107 Å². The van der Waals surface area contributed by atoms with Gasteiger partial charge < -0.3 is 10.3 Å². The van der Waals surface area contributed by atoms with Crippen molar-refractivity contribution in [3.8, 4) is 0 Å². The molecule has 0 aliphatic carbocycles. The summed E-state index contributed by atoms with van der Waals surface area (Å²) in [5.41, 5.74) is -0.117.